The zero-order valence-electron chi connectivity index (χ0n) is 14.9. The lowest BCUT2D eigenvalue weighted by atomic mass is 9.92. The van der Waals surface area contributed by atoms with Crippen LogP contribution in [0.25, 0.3) is 21.9 Å². The van der Waals surface area contributed by atoms with Crippen molar-refractivity contribution in [3.05, 3.63) is 36.4 Å². The van der Waals surface area contributed by atoms with Crippen molar-refractivity contribution >= 4 is 45.9 Å². The van der Waals surface area contributed by atoms with Crippen LogP contribution in [0.2, 0.25) is 0 Å². The van der Waals surface area contributed by atoms with E-state index in [1.54, 1.807) is 7.11 Å². The molecule has 0 unspecified atom stereocenters. The van der Waals surface area contributed by atoms with Gasteiger partial charge in [-0.05, 0) is 38.4 Å². The summed E-state index contributed by atoms with van der Waals surface area (Å²) < 4.78 is 11.4. The number of halogens is 1. The number of anilines is 1. The predicted molar refractivity (Wildman–Crippen MR) is 106 cm³/mol. The van der Waals surface area contributed by atoms with E-state index >= 15 is 0 Å². The second-order valence-corrected chi connectivity index (χ2v) is 6.71. The molecule has 2 heterocycles. The highest BCUT2D eigenvalue weighted by Gasteiger charge is 2.25. The fourth-order valence-corrected chi connectivity index (χ4v) is 3.62. The van der Waals surface area contributed by atoms with Crippen LogP contribution in [0, 0.1) is 5.92 Å². The lowest BCUT2D eigenvalue weighted by Gasteiger charge is -2.27. The highest BCUT2D eigenvalue weighted by atomic mass is 35.5. The van der Waals surface area contributed by atoms with Crippen LogP contribution >= 0.6 is 12.4 Å². The molecule has 2 atom stereocenters. The smallest absolute Gasteiger partial charge is 0.227 e. The van der Waals surface area contributed by atoms with Crippen molar-refractivity contribution in [1.82, 2.24) is 5.32 Å². The van der Waals surface area contributed by atoms with E-state index in [-0.39, 0.29) is 24.2 Å². The molecule has 0 aliphatic carbocycles. The van der Waals surface area contributed by atoms with Crippen LogP contribution in [-0.4, -0.2) is 25.6 Å². The van der Waals surface area contributed by atoms with Gasteiger partial charge in [-0.1, -0.05) is 18.2 Å². The quantitative estimate of drug-likeness (QED) is 0.715. The summed E-state index contributed by atoms with van der Waals surface area (Å²) in [5, 5.41) is 8.44. The number of carbonyl (C=O) groups excluding carboxylic acids is 1. The minimum atomic E-state index is 0. The molecule has 0 radical (unpaired) electrons. The Labute approximate surface area is 158 Å². The second kappa shape index (κ2) is 7.56. The van der Waals surface area contributed by atoms with Crippen LogP contribution in [0.15, 0.2) is 40.8 Å². The third-order valence-corrected chi connectivity index (χ3v) is 4.95. The van der Waals surface area contributed by atoms with Crippen molar-refractivity contribution in [3.8, 4) is 5.75 Å². The number of hydrogen-bond acceptors (Lipinski definition) is 4. The predicted octanol–water partition coefficient (Wildman–Crippen LogP) is 4.34. The molecule has 0 saturated carbocycles. The topological polar surface area (TPSA) is 63.5 Å². The summed E-state index contributed by atoms with van der Waals surface area (Å²) >= 11 is 0. The lowest BCUT2D eigenvalue weighted by molar-refractivity contribution is -0.120. The number of para-hydroxylation sites is 1. The van der Waals surface area contributed by atoms with Gasteiger partial charge in [-0.25, -0.2) is 0 Å². The van der Waals surface area contributed by atoms with E-state index in [0.717, 1.165) is 41.3 Å². The molecule has 5 nitrogen and oxygen atoms in total. The first-order valence-corrected chi connectivity index (χ1v) is 8.69. The standard InChI is InChI=1S/C20H22N2O3.ClH/c1-12-9-13(7-8-21-12)20(23)22-16-11-18-15(10-19(16)24-2)14-5-3-4-6-17(14)25-18;/h3-6,10-13,21H,7-9H2,1-2H3,(H,22,23);1H/t12-,13-;/m0./s1. The molecule has 1 aromatic heterocycles. The Morgan fingerprint density at radius 3 is 2.81 bits per heavy atom. The Kier molecular flexibility index (Phi) is 5.39. The maximum Gasteiger partial charge on any atom is 0.227 e. The summed E-state index contributed by atoms with van der Waals surface area (Å²) in [4.78, 5) is 12.7. The zero-order valence-corrected chi connectivity index (χ0v) is 15.7. The normalized spacial score (nSPS) is 19.9. The van der Waals surface area contributed by atoms with Crippen molar-refractivity contribution in [2.24, 2.45) is 5.92 Å². The molecule has 1 amide bonds. The van der Waals surface area contributed by atoms with Crippen LogP contribution in [0.3, 0.4) is 0 Å². The molecule has 2 N–H and O–H groups in total. The number of furan rings is 1. The van der Waals surface area contributed by atoms with Gasteiger partial charge in [-0.3, -0.25) is 4.79 Å². The van der Waals surface area contributed by atoms with Crippen molar-refractivity contribution in [1.29, 1.82) is 0 Å². The Balaban J connectivity index is 0.00000196. The van der Waals surface area contributed by atoms with E-state index in [0.29, 0.717) is 17.5 Å². The van der Waals surface area contributed by atoms with Crippen LogP contribution in [0.5, 0.6) is 5.75 Å². The summed E-state index contributed by atoms with van der Waals surface area (Å²) in [5.41, 5.74) is 2.23. The fourth-order valence-electron chi connectivity index (χ4n) is 3.62. The van der Waals surface area contributed by atoms with Crippen molar-refractivity contribution < 1.29 is 13.9 Å². The summed E-state index contributed by atoms with van der Waals surface area (Å²) in [6.45, 7) is 2.99. The Morgan fingerprint density at radius 2 is 2.04 bits per heavy atom. The second-order valence-electron chi connectivity index (χ2n) is 6.71. The molecule has 1 aliphatic heterocycles. The summed E-state index contributed by atoms with van der Waals surface area (Å²) in [6.07, 6.45) is 1.70. The molecule has 2 aromatic carbocycles. The van der Waals surface area contributed by atoms with E-state index in [2.05, 4.69) is 17.6 Å². The summed E-state index contributed by atoms with van der Waals surface area (Å²) in [7, 11) is 1.62. The average molecular weight is 375 g/mol. The van der Waals surface area contributed by atoms with Gasteiger partial charge in [-0.2, -0.15) is 0 Å². The van der Waals surface area contributed by atoms with Gasteiger partial charge < -0.3 is 19.8 Å². The molecule has 26 heavy (non-hydrogen) atoms. The number of fused-ring (bicyclic) bond motifs is 3. The number of carbonyl (C=O) groups is 1. The molecule has 0 bridgehead atoms. The molecule has 4 rings (SSSR count). The van der Waals surface area contributed by atoms with Crippen LogP contribution in [0.4, 0.5) is 5.69 Å². The van der Waals surface area contributed by atoms with Gasteiger partial charge in [0.15, 0.2) is 0 Å². The molecular weight excluding hydrogens is 352 g/mol. The van der Waals surface area contributed by atoms with E-state index < -0.39 is 0 Å². The molecule has 1 aliphatic rings. The zero-order chi connectivity index (χ0) is 17.4. The number of methoxy groups -OCH3 is 1. The average Bonchev–Trinajstić information content (AvgIpc) is 2.98. The van der Waals surface area contributed by atoms with Gasteiger partial charge in [0.2, 0.25) is 5.91 Å². The number of ether oxygens (including phenoxy) is 1. The van der Waals surface area contributed by atoms with Crippen LogP contribution in [0.1, 0.15) is 19.8 Å². The highest BCUT2D eigenvalue weighted by Crippen LogP contribution is 2.36. The molecule has 138 valence electrons. The molecule has 3 aromatic rings. The number of piperidine rings is 1. The first-order chi connectivity index (χ1) is 12.2. The first kappa shape index (κ1) is 18.5. The van der Waals surface area contributed by atoms with Gasteiger partial charge in [0.1, 0.15) is 16.9 Å². The van der Waals surface area contributed by atoms with Crippen molar-refractivity contribution in [3.63, 3.8) is 0 Å². The van der Waals surface area contributed by atoms with E-state index in [9.17, 15) is 4.79 Å². The van der Waals surface area contributed by atoms with Crippen molar-refractivity contribution in [2.75, 3.05) is 19.0 Å². The molecule has 6 heteroatoms. The first-order valence-electron chi connectivity index (χ1n) is 8.69. The van der Waals surface area contributed by atoms with Gasteiger partial charge in [-0.15, -0.1) is 12.4 Å². The monoisotopic (exact) mass is 374 g/mol. The highest BCUT2D eigenvalue weighted by molar-refractivity contribution is 6.07. The molecule has 1 saturated heterocycles. The van der Waals surface area contributed by atoms with Crippen LogP contribution in [-0.2, 0) is 4.79 Å². The lowest BCUT2D eigenvalue weighted by Crippen LogP contribution is -2.40. The number of rotatable bonds is 3. The SMILES string of the molecule is COc1cc2c(cc1NC(=O)[C@H]1CCN[C@@H](C)C1)oc1ccccc12.Cl. The Bertz CT molecular complexity index is 937. The van der Waals surface area contributed by atoms with Gasteiger partial charge in [0.05, 0.1) is 12.8 Å². The van der Waals surface area contributed by atoms with Gasteiger partial charge >= 0.3 is 0 Å². The summed E-state index contributed by atoms with van der Waals surface area (Å²) in [5.74, 6) is 0.712. The maximum absolute atomic E-state index is 12.7. The van der Waals surface area contributed by atoms with Crippen molar-refractivity contribution in [2.45, 2.75) is 25.8 Å². The number of amides is 1. The van der Waals surface area contributed by atoms with E-state index in [4.69, 9.17) is 9.15 Å². The molecule has 1 fully saturated rings. The third kappa shape index (κ3) is 3.37. The number of nitrogens with one attached hydrogen (secondary N) is 2. The maximum atomic E-state index is 12.7. The number of hydrogen-bond donors (Lipinski definition) is 2. The fraction of sp³-hybridized carbons (Fsp3) is 0.350. The summed E-state index contributed by atoms with van der Waals surface area (Å²) in [6, 6.07) is 12.1. The van der Waals surface area contributed by atoms with Gasteiger partial charge in [0.25, 0.3) is 0 Å². The largest absolute Gasteiger partial charge is 0.495 e. The van der Waals surface area contributed by atoms with E-state index in [1.165, 1.54) is 0 Å². The number of benzene rings is 2. The molecular formula is C20H23ClN2O3. The Morgan fingerprint density at radius 1 is 1.23 bits per heavy atom. The van der Waals surface area contributed by atoms with Crippen LogP contribution < -0.4 is 15.4 Å². The van der Waals surface area contributed by atoms with Gasteiger partial charge in [0, 0.05) is 28.8 Å². The van der Waals surface area contributed by atoms with E-state index in [1.807, 2.05) is 36.4 Å². The molecule has 0 spiro atoms. The third-order valence-electron chi connectivity index (χ3n) is 4.95. The minimum Gasteiger partial charge on any atom is -0.495 e. The minimum absolute atomic E-state index is 0. The Hall–Kier alpha value is -2.24.